The number of pyridine rings is 1. The van der Waals surface area contributed by atoms with Crippen LogP contribution >= 0.6 is 0 Å². The van der Waals surface area contributed by atoms with Crippen molar-refractivity contribution in [1.29, 1.82) is 0 Å². The van der Waals surface area contributed by atoms with E-state index in [2.05, 4.69) is 10.3 Å². The summed E-state index contributed by atoms with van der Waals surface area (Å²) in [5.41, 5.74) is 1.30. The summed E-state index contributed by atoms with van der Waals surface area (Å²) in [6.07, 6.45) is 1.68. The first-order chi connectivity index (χ1) is 12.2. The van der Waals surface area contributed by atoms with Crippen molar-refractivity contribution in [2.24, 2.45) is 0 Å². The van der Waals surface area contributed by atoms with Crippen LogP contribution in [-0.4, -0.2) is 48.8 Å². The summed E-state index contributed by atoms with van der Waals surface area (Å²) in [6.45, 7) is 3.99. The molecule has 0 saturated carbocycles. The lowest BCUT2D eigenvalue weighted by Gasteiger charge is -2.21. The van der Waals surface area contributed by atoms with Crippen LogP contribution in [0.2, 0.25) is 0 Å². The van der Waals surface area contributed by atoms with Crippen molar-refractivity contribution in [3.8, 4) is 0 Å². The molecule has 1 aromatic carbocycles. The monoisotopic (exact) mass is 376 g/mol. The number of carbonyl (C=O) groups excluding carboxylic acids is 1. The van der Waals surface area contributed by atoms with Gasteiger partial charge >= 0.3 is 6.03 Å². The van der Waals surface area contributed by atoms with Crippen LogP contribution in [0, 0.1) is 0 Å². The average Bonchev–Trinajstić information content (AvgIpc) is 2.62. The van der Waals surface area contributed by atoms with Gasteiger partial charge in [0.25, 0.3) is 0 Å². The van der Waals surface area contributed by atoms with Gasteiger partial charge in [0.15, 0.2) is 0 Å². The van der Waals surface area contributed by atoms with E-state index in [0.717, 1.165) is 5.69 Å². The maximum absolute atomic E-state index is 12.4. The second-order valence-corrected chi connectivity index (χ2v) is 8.24. The third-order valence-electron chi connectivity index (χ3n) is 3.98. The molecule has 0 aliphatic carbocycles. The number of hydrogen-bond donors (Lipinski definition) is 1. The summed E-state index contributed by atoms with van der Waals surface area (Å²) in [5.74, 6) is 0. The van der Waals surface area contributed by atoms with E-state index in [1.54, 1.807) is 32.4 Å². The highest BCUT2D eigenvalue weighted by atomic mass is 32.2. The number of sulfonamides is 1. The number of anilines is 1. The second kappa shape index (κ2) is 8.29. The summed E-state index contributed by atoms with van der Waals surface area (Å²) in [5, 5.41) is 2.74. The number of hydrogen-bond acceptors (Lipinski definition) is 4. The fraction of sp³-hybridized carbons (Fsp3) is 0.333. The van der Waals surface area contributed by atoms with Gasteiger partial charge in [0.2, 0.25) is 10.0 Å². The van der Waals surface area contributed by atoms with E-state index in [9.17, 15) is 13.2 Å². The van der Waals surface area contributed by atoms with Crippen LogP contribution in [0.3, 0.4) is 0 Å². The Morgan fingerprint density at radius 2 is 1.77 bits per heavy atom. The maximum Gasteiger partial charge on any atom is 0.321 e. The van der Waals surface area contributed by atoms with Crippen LogP contribution in [0.1, 0.15) is 19.5 Å². The van der Waals surface area contributed by atoms with Gasteiger partial charge in [-0.3, -0.25) is 4.98 Å². The fourth-order valence-electron chi connectivity index (χ4n) is 2.18. The molecule has 0 saturated heterocycles. The van der Waals surface area contributed by atoms with Crippen LogP contribution in [0.25, 0.3) is 0 Å². The Morgan fingerprint density at radius 3 is 2.31 bits per heavy atom. The molecule has 2 rings (SSSR count). The molecule has 7 nitrogen and oxygen atoms in total. The molecule has 0 bridgehead atoms. The van der Waals surface area contributed by atoms with Gasteiger partial charge in [-0.1, -0.05) is 6.07 Å². The smallest absolute Gasteiger partial charge is 0.321 e. The number of amides is 2. The Kier molecular flexibility index (Phi) is 6.33. The van der Waals surface area contributed by atoms with Crippen molar-refractivity contribution in [2.45, 2.75) is 31.3 Å². The van der Waals surface area contributed by atoms with Crippen molar-refractivity contribution < 1.29 is 13.2 Å². The van der Waals surface area contributed by atoms with E-state index in [4.69, 9.17) is 0 Å². The lowest BCUT2D eigenvalue weighted by Crippen LogP contribution is -2.33. The van der Waals surface area contributed by atoms with Crippen molar-refractivity contribution in [3.63, 3.8) is 0 Å². The lowest BCUT2D eigenvalue weighted by atomic mass is 10.3. The number of nitrogens with one attached hydrogen (secondary N) is 1. The molecule has 2 amide bonds. The molecule has 26 heavy (non-hydrogen) atoms. The SMILES string of the molecule is CC(C)N(C)S(=O)(=O)c1ccc(NC(=O)N(C)Cc2ccccn2)cc1. The number of urea groups is 1. The molecule has 0 aliphatic rings. The van der Waals surface area contributed by atoms with Crippen LogP contribution in [0.4, 0.5) is 10.5 Å². The molecule has 8 heteroatoms. The molecule has 1 heterocycles. The Labute approximate surface area is 154 Å². The molecule has 0 atom stereocenters. The highest BCUT2D eigenvalue weighted by molar-refractivity contribution is 7.89. The first kappa shape index (κ1) is 19.9. The first-order valence-corrected chi connectivity index (χ1v) is 9.66. The van der Waals surface area contributed by atoms with Crippen molar-refractivity contribution in [2.75, 3.05) is 19.4 Å². The van der Waals surface area contributed by atoms with E-state index in [1.165, 1.54) is 21.3 Å². The van der Waals surface area contributed by atoms with Gasteiger partial charge in [0.05, 0.1) is 17.1 Å². The molecule has 2 aromatic rings. The van der Waals surface area contributed by atoms with Gasteiger partial charge in [0, 0.05) is 32.0 Å². The Hall–Kier alpha value is -2.45. The number of carbonyl (C=O) groups is 1. The summed E-state index contributed by atoms with van der Waals surface area (Å²) in [6, 6.07) is 11.2. The molecular weight excluding hydrogens is 352 g/mol. The summed E-state index contributed by atoms with van der Waals surface area (Å²) < 4.78 is 26.2. The standard InChI is InChI=1S/C18H24N4O3S/c1-14(2)22(4)26(24,25)17-10-8-15(9-11-17)20-18(23)21(3)13-16-7-5-6-12-19-16/h5-12,14H,13H2,1-4H3,(H,20,23). The van der Waals surface area contributed by atoms with Crippen molar-refractivity contribution in [1.82, 2.24) is 14.2 Å². The van der Waals surface area contributed by atoms with Crippen molar-refractivity contribution >= 4 is 21.7 Å². The highest BCUT2D eigenvalue weighted by Gasteiger charge is 2.22. The van der Waals surface area contributed by atoms with Gasteiger partial charge in [-0.2, -0.15) is 4.31 Å². The zero-order chi connectivity index (χ0) is 19.3. The topological polar surface area (TPSA) is 82.6 Å². The zero-order valence-electron chi connectivity index (χ0n) is 15.4. The zero-order valence-corrected chi connectivity index (χ0v) is 16.2. The van der Waals surface area contributed by atoms with Crippen LogP contribution in [0.15, 0.2) is 53.6 Å². The van der Waals surface area contributed by atoms with E-state index in [0.29, 0.717) is 12.2 Å². The predicted octanol–water partition coefficient (Wildman–Crippen LogP) is 2.77. The van der Waals surface area contributed by atoms with Gasteiger partial charge in [-0.05, 0) is 50.2 Å². The largest absolute Gasteiger partial charge is 0.322 e. The average molecular weight is 376 g/mol. The van der Waals surface area contributed by atoms with Gasteiger partial charge in [-0.15, -0.1) is 0 Å². The van der Waals surface area contributed by atoms with E-state index in [1.807, 2.05) is 32.0 Å². The van der Waals surface area contributed by atoms with E-state index >= 15 is 0 Å². The molecule has 0 radical (unpaired) electrons. The summed E-state index contributed by atoms with van der Waals surface area (Å²) in [7, 11) is -0.328. The third kappa shape index (κ3) is 4.80. The second-order valence-electron chi connectivity index (χ2n) is 6.25. The molecule has 0 aliphatic heterocycles. The molecule has 0 spiro atoms. The molecule has 1 N–H and O–H groups in total. The van der Waals surface area contributed by atoms with Crippen LogP contribution in [-0.2, 0) is 16.6 Å². The Morgan fingerprint density at radius 1 is 1.12 bits per heavy atom. The van der Waals surface area contributed by atoms with Crippen LogP contribution in [0.5, 0.6) is 0 Å². The number of benzene rings is 1. The molecule has 140 valence electrons. The molecule has 1 aromatic heterocycles. The molecule has 0 fully saturated rings. The van der Waals surface area contributed by atoms with Gasteiger partial charge in [0.1, 0.15) is 0 Å². The summed E-state index contributed by atoms with van der Waals surface area (Å²) >= 11 is 0. The lowest BCUT2D eigenvalue weighted by molar-refractivity contribution is 0.220. The van der Waals surface area contributed by atoms with E-state index < -0.39 is 10.0 Å². The number of aromatic nitrogens is 1. The number of nitrogens with zero attached hydrogens (tertiary/aromatic N) is 3. The first-order valence-electron chi connectivity index (χ1n) is 8.22. The predicted molar refractivity (Wildman–Crippen MR) is 101 cm³/mol. The third-order valence-corrected chi connectivity index (χ3v) is 6.03. The van der Waals surface area contributed by atoms with Gasteiger partial charge < -0.3 is 10.2 Å². The fourth-order valence-corrected chi connectivity index (χ4v) is 3.55. The highest BCUT2D eigenvalue weighted by Crippen LogP contribution is 2.19. The molecule has 0 unspecified atom stereocenters. The maximum atomic E-state index is 12.4. The molecular formula is C18H24N4O3S. The Balaban J connectivity index is 2.03. The van der Waals surface area contributed by atoms with E-state index in [-0.39, 0.29) is 17.0 Å². The van der Waals surface area contributed by atoms with Crippen molar-refractivity contribution in [3.05, 3.63) is 54.4 Å². The van der Waals surface area contributed by atoms with Gasteiger partial charge in [-0.25, -0.2) is 13.2 Å². The Bertz CT molecular complexity index is 836. The summed E-state index contributed by atoms with van der Waals surface area (Å²) in [4.78, 5) is 18.1. The van der Waals surface area contributed by atoms with Crippen LogP contribution < -0.4 is 5.32 Å². The normalized spacial score (nSPS) is 11.6. The number of rotatable bonds is 6. The minimum Gasteiger partial charge on any atom is -0.322 e. The minimum atomic E-state index is -3.54. The minimum absolute atomic E-state index is 0.139. The quantitative estimate of drug-likeness (QED) is 0.840.